The van der Waals surface area contributed by atoms with Crippen LogP contribution in [0.2, 0.25) is 19.6 Å². The van der Waals surface area contributed by atoms with Gasteiger partial charge in [0.25, 0.3) is 8.32 Å². The van der Waals surface area contributed by atoms with E-state index in [2.05, 4.69) is 31.0 Å². The Morgan fingerprint density at radius 2 is 1.10 bits per heavy atom. The van der Waals surface area contributed by atoms with Crippen LogP contribution in [0.5, 0.6) is 0 Å². The first kappa shape index (κ1) is 15.0. The van der Waals surface area contributed by atoms with E-state index < -0.39 is 16.4 Å². The summed E-state index contributed by atoms with van der Waals surface area (Å²) in [5.74, 6) is 0. The van der Waals surface area contributed by atoms with Crippen LogP contribution in [-0.2, 0) is 0 Å². The minimum atomic E-state index is -2.76. The van der Waals surface area contributed by atoms with Crippen LogP contribution < -0.4 is 10.4 Å². The Hall–Kier alpha value is -1.43. The van der Waals surface area contributed by atoms with E-state index in [-0.39, 0.29) is 0 Å². The van der Waals surface area contributed by atoms with Crippen molar-refractivity contribution in [1.29, 1.82) is 0 Å². The van der Waals surface area contributed by atoms with Crippen LogP contribution in [0, 0.1) is 0 Å². The molecule has 2 aromatic rings. The molecule has 20 heavy (non-hydrogen) atoms. The number of hydrogen-bond donors (Lipinski definition) is 1. The quantitative estimate of drug-likeness (QED) is 0.861. The van der Waals surface area contributed by atoms with Crippen LogP contribution in [0.15, 0.2) is 72.1 Å². The van der Waals surface area contributed by atoms with Crippen molar-refractivity contribution in [1.82, 2.24) is 0 Å². The highest BCUT2D eigenvalue weighted by Crippen LogP contribution is 2.09. The Balaban J connectivity index is 2.53. The molecule has 0 unspecified atom stereocenters. The fourth-order valence-corrected chi connectivity index (χ4v) is 7.20. The van der Waals surface area contributed by atoms with Gasteiger partial charge in [-0.15, -0.1) is 0 Å². The predicted octanol–water partition coefficient (Wildman–Crippen LogP) is 2.71. The van der Waals surface area contributed by atoms with Crippen molar-refractivity contribution in [3.8, 4) is 0 Å². The Morgan fingerprint density at radius 1 is 0.700 bits per heavy atom. The van der Waals surface area contributed by atoms with Crippen molar-refractivity contribution in [2.24, 2.45) is 0 Å². The van der Waals surface area contributed by atoms with Crippen LogP contribution in [-0.4, -0.2) is 21.2 Å². The van der Waals surface area contributed by atoms with Crippen LogP contribution in [0.1, 0.15) is 0 Å². The van der Waals surface area contributed by atoms with Gasteiger partial charge in [0.05, 0.1) is 8.07 Å². The molecule has 0 saturated heterocycles. The SMILES string of the molecule is C[Si](C)(C)/C=C/[Si](O)(c1ccccc1)c1ccccc1. The van der Waals surface area contributed by atoms with Crippen molar-refractivity contribution in [2.75, 3.05) is 0 Å². The zero-order chi connectivity index (χ0) is 14.6. The third-order valence-corrected chi connectivity index (χ3v) is 7.83. The molecule has 0 aliphatic carbocycles. The summed E-state index contributed by atoms with van der Waals surface area (Å²) in [6.45, 7) is 6.86. The van der Waals surface area contributed by atoms with E-state index in [1.165, 1.54) is 0 Å². The zero-order valence-electron chi connectivity index (χ0n) is 12.4. The molecule has 0 saturated carbocycles. The summed E-state index contributed by atoms with van der Waals surface area (Å²) in [5, 5.41) is 2.08. The van der Waals surface area contributed by atoms with Gasteiger partial charge in [-0.05, 0) is 10.4 Å². The van der Waals surface area contributed by atoms with E-state index in [0.29, 0.717) is 0 Å². The average Bonchev–Trinajstić information content (AvgIpc) is 2.46. The number of hydrogen-bond acceptors (Lipinski definition) is 1. The van der Waals surface area contributed by atoms with Crippen LogP contribution >= 0.6 is 0 Å². The molecule has 104 valence electrons. The van der Waals surface area contributed by atoms with Crippen LogP contribution in [0.4, 0.5) is 0 Å². The third-order valence-electron chi connectivity index (χ3n) is 3.25. The highest BCUT2D eigenvalue weighted by Gasteiger charge is 2.33. The summed E-state index contributed by atoms with van der Waals surface area (Å²) >= 11 is 0. The molecule has 0 atom stereocenters. The van der Waals surface area contributed by atoms with Crippen molar-refractivity contribution in [2.45, 2.75) is 19.6 Å². The lowest BCUT2D eigenvalue weighted by Gasteiger charge is -2.24. The van der Waals surface area contributed by atoms with E-state index >= 15 is 0 Å². The van der Waals surface area contributed by atoms with E-state index in [0.717, 1.165) is 10.4 Å². The summed E-state index contributed by atoms with van der Waals surface area (Å²) in [7, 11) is -4.10. The van der Waals surface area contributed by atoms with E-state index in [1.54, 1.807) is 0 Å². The Kier molecular flexibility index (Phi) is 4.43. The Bertz CT molecular complexity index is 531. The number of rotatable bonds is 4. The largest absolute Gasteiger partial charge is 0.421 e. The second-order valence-electron chi connectivity index (χ2n) is 6.20. The maximum absolute atomic E-state index is 11.4. The van der Waals surface area contributed by atoms with Gasteiger partial charge in [-0.25, -0.2) is 0 Å². The van der Waals surface area contributed by atoms with Crippen molar-refractivity contribution >= 4 is 26.8 Å². The first-order valence-electron chi connectivity index (χ1n) is 6.96. The topological polar surface area (TPSA) is 20.2 Å². The smallest absolute Gasteiger partial charge is 0.277 e. The van der Waals surface area contributed by atoms with Gasteiger partial charge in [-0.3, -0.25) is 0 Å². The second-order valence-corrected chi connectivity index (χ2v) is 14.3. The molecule has 1 N–H and O–H groups in total. The fraction of sp³-hybridized carbons (Fsp3) is 0.176. The lowest BCUT2D eigenvalue weighted by atomic mass is 10.4. The molecule has 0 fully saturated rings. The molecule has 1 nitrogen and oxygen atoms in total. The standard InChI is InChI=1S/C17H22OSi2/c1-19(2,3)14-15-20(18,16-10-6-4-7-11-16)17-12-8-5-9-13-17/h4-15,18H,1-3H3/b15-14+. The zero-order valence-corrected chi connectivity index (χ0v) is 14.4. The molecule has 0 aliphatic heterocycles. The molecule has 0 bridgehead atoms. The van der Waals surface area contributed by atoms with Gasteiger partial charge in [0.2, 0.25) is 0 Å². The van der Waals surface area contributed by atoms with Crippen LogP contribution in [0.3, 0.4) is 0 Å². The van der Waals surface area contributed by atoms with Gasteiger partial charge in [-0.2, -0.15) is 0 Å². The highest BCUT2D eigenvalue weighted by atomic mass is 28.4. The van der Waals surface area contributed by atoms with Gasteiger partial charge >= 0.3 is 0 Å². The lowest BCUT2D eigenvalue weighted by Crippen LogP contribution is -2.57. The Labute approximate surface area is 123 Å². The van der Waals surface area contributed by atoms with E-state index in [1.807, 2.05) is 60.7 Å². The van der Waals surface area contributed by atoms with Gasteiger partial charge in [0.15, 0.2) is 0 Å². The molecule has 0 spiro atoms. The summed E-state index contributed by atoms with van der Waals surface area (Å²) in [6, 6.07) is 20.1. The monoisotopic (exact) mass is 298 g/mol. The summed E-state index contributed by atoms with van der Waals surface area (Å²) < 4.78 is 0. The van der Waals surface area contributed by atoms with Crippen LogP contribution in [0.25, 0.3) is 0 Å². The molecular formula is C17H22OSi2. The maximum Gasteiger partial charge on any atom is 0.277 e. The van der Waals surface area contributed by atoms with Gasteiger partial charge in [-0.1, -0.05) is 91.7 Å². The highest BCUT2D eigenvalue weighted by molar-refractivity contribution is 7.01. The minimum Gasteiger partial charge on any atom is -0.421 e. The first-order chi connectivity index (χ1) is 9.42. The number of benzene rings is 2. The van der Waals surface area contributed by atoms with Crippen molar-refractivity contribution < 1.29 is 4.80 Å². The predicted molar refractivity (Wildman–Crippen MR) is 92.6 cm³/mol. The molecule has 0 aromatic heterocycles. The van der Waals surface area contributed by atoms with Crippen molar-refractivity contribution in [3.63, 3.8) is 0 Å². The maximum atomic E-state index is 11.4. The molecule has 0 aliphatic rings. The van der Waals surface area contributed by atoms with Gasteiger partial charge in [0, 0.05) is 0 Å². The average molecular weight is 299 g/mol. The molecule has 0 amide bonds. The third kappa shape index (κ3) is 3.57. The molecular weight excluding hydrogens is 276 g/mol. The molecule has 0 heterocycles. The normalized spacial score (nSPS) is 12.8. The van der Waals surface area contributed by atoms with E-state index in [9.17, 15) is 4.80 Å². The molecule has 3 heteroatoms. The molecule has 0 radical (unpaired) electrons. The van der Waals surface area contributed by atoms with E-state index in [4.69, 9.17) is 0 Å². The lowest BCUT2D eigenvalue weighted by molar-refractivity contribution is 0.582. The molecule has 2 rings (SSSR count). The van der Waals surface area contributed by atoms with Gasteiger partial charge in [0.1, 0.15) is 0 Å². The molecule has 2 aromatic carbocycles. The summed E-state index contributed by atoms with van der Waals surface area (Å²) in [6.07, 6.45) is 0. The fourth-order valence-electron chi connectivity index (χ4n) is 2.11. The second kappa shape index (κ2) is 5.91. The van der Waals surface area contributed by atoms with Crippen molar-refractivity contribution in [3.05, 3.63) is 72.1 Å². The van der Waals surface area contributed by atoms with Gasteiger partial charge < -0.3 is 4.80 Å². The minimum absolute atomic E-state index is 1.04. The summed E-state index contributed by atoms with van der Waals surface area (Å²) in [5.41, 5.74) is 4.36. The summed E-state index contributed by atoms with van der Waals surface area (Å²) in [4.78, 5) is 11.4. The first-order valence-corrected chi connectivity index (χ1v) is 12.6. The Morgan fingerprint density at radius 3 is 1.45 bits per heavy atom.